The maximum atomic E-state index is 11.7. The van der Waals surface area contributed by atoms with E-state index in [-0.39, 0.29) is 6.42 Å². The van der Waals surface area contributed by atoms with Crippen molar-refractivity contribution in [2.45, 2.75) is 19.8 Å². The van der Waals surface area contributed by atoms with Crippen molar-refractivity contribution in [1.82, 2.24) is 5.32 Å². The molecule has 7 nitrogen and oxygen atoms in total. The number of aliphatic carboxylic acids is 1. The van der Waals surface area contributed by atoms with Crippen molar-refractivity contribution in [3.05, 3.63) is 17.7 Å². The van der Waals surface area contributed by atoms with Crippen molar-refractivity contribution in [2.75, 3.05) is 26.1 Å². The molecule has 0 heterocycles. The van der Waals surface area contributed by atoms with Crippen LogP contribution in [-0.2, 0) is 4.79 Å². The molecule has 0 radical (unpaired) electrons. The normalized spacial score (nSPS) is 9.86. The molecule has 116 valence electrons. The van der Waals surface area contributed by atoms with Crippen LogP contribution in [0.25, 0.3) is 0 Å². The summed E-state index contributed by atoms with van der Waals surface area (Å²) in [5, 5.41) is 13.8. The van der Waals surface area contributed by atoms with Gasteiger partial charge in [0.2, 0.25) is 0 Å². The summed E-state index contributed by atoms with van der Waals surface area (Å²) in [6, 6.07) is 3.04. The van der Waals surface area contributed by atoms with E-state index in [2.05, 4.69) is 10.6 Å². The third-order valence-electron chi connectivity index (χ3n) is 2.83. The lowest BCUT2D eigenvalue weighted by Gasteiger charge is -2.14. The summed E-state index contributed by atoms with van der Waals surface area (Å²) in [4.78, 5) is 22.1. The Morgan fingerprint density at radius 1 is 1.19 bits per heavy atom. The predicted molar refractivity (Wildman–Crippen MR) is 78.2 cm³/mol. The average Bonchev–Trinajstić information content (AvgIpc) is 2.45. The Hall–Kier alpha value is -2.44. The van der Waals surface area contributed by atoms with Crippen LogP contribution in [0.5, 0.6) is 11.5 Å². The van der Waals surface area contributed by atoms with Crippen molar-refractivity contribution in [3.8, 4) is 11.5 Å². The predicted octanol–water partition coefficient (Wildman–Crippen LogP) is 2.00. The molecular formula is C14H20N2O5. The third-order valence-corrected chi connectivity index (χ3v) is 2.83. The van der Waals surface area contributed by atoms with Gasteiger partial charge in [-0.1, -0.05) is 0 Å². The molecule has 0 aromatic heterocycles. The Labute approximate surface area is 123 Å². The molecule has 2 amide bonds. The van der Waals surface area contributed by atoms with Crippen LogP contribution in [-0.4, -0.2) is 37.9 Å². The van der Waals surface area contributed by atoms with Gasteiger partial charge in [0.1, 0.15) is 0 Å². The molecule has 1 rings (SSSR count). The highest BCUT2D eigenvalue weighted by Gasteiger charge is 2.10. The fraction of sp³-hybridized carbons (Fsp3) is 0.429. The zero-order chi connectivity index (χ0) is 15.8. The van der Waals surface area contributed by atoms with E-state index in [1.807, 2.05) is 6.92 Å². The summed E-state index contributed by atoms with van der Waals surface area (Å²) in [7, 11) is 3.06. The zero-order valence-corrected chi connectivity index (χ0v) is 12.4. The molecule has 3 N–H and O–H groups in total. The molecule has 0 fully saturated rings. The Balaban J connectivity index is 2.61. The maximum absolute atomic E-state index is 11.7. The van der Waals surface area contributed by atoms with Crippen molar-refractivity contribution < 1.29 is 24.2 Å². The SMILES string of the molecule is COc1cc(C)c(NC(=O)NCCCC(=O)O)cc1OC. The van der Waals surface area contributed by atoms with Crippen LogP contribution in [0.15, 0.2) is 12.1 Å². The first-order valence-electron chi connectivity index (χ1n) is 6.47. The first-order chi connectivity index (χ1) is 9.97. The molecule has 0 atom stereocenters. The molecule has 21 heavy (non-hydrogen) atoms. The minimum absolute atomic E-state index is 0.0235. The fourth-order valence-corrected chi connectivity index (χ4v) is 1.72. The molecule has 0 saturated carbocycles. The maximum Gasteiger partial charge on any atom is 0.319 e. The van der Waals surface area contributed by atoms with E-state index in [1.165, 1.54) is 7.11 Å². The van der Waals surface area contributed by atoms with E-state index < -0.39 is 12.0 Å². The second-order valence-corrected chi connectivity index (χ2v) is 4.40. The number of methoxy groups -OCH3 is 2. The summed E-state index contributed by atoms with van der Waals surface area (Å²) in [6.45, 7) is 2.13. The summed E-state index contributed by atoms with van der Waals surface area (Å²) >= 11 is 0. The molecule has 0 bridgehead atoms. The molecule has 0 aliphatic carbocycles. The Morgan fingerprint density at radius 3 is 2.38 bits per heavy atom. The van der Waals surface area contributed by atoms with Crippen LogP contribution in [0.4, 0.5) is 10.5 Å². The number of nitrogens with one attached hydrogen (secondary N) is 2. The van der Waals surface area contributed by atoms with Crippen LogP contribution in [0.3, 0.4) is 0 Å². The molecule has 0 aliphatic heterocycles. The largest absolute Gasteiger partial charge is 0.493 e. The van der Waals surface area contributed by atoms with Crippen LogP contribution < -0.4 is 20.1 Å². The number of aryl methyl sites for hydroxylation is 1. The molecule has 0 unspecified atom stereocenters. The summed E-state index contributed by atoms with van der Waals surface area (Å²) < 4.78 is 10.3. The Kier molecular flexibility index (Phi) is 6.32. The fourth-order valence-electron chi connectivity index (χ4n) is 1.72. The Morgan fingerprint density at radius 2 is 1.81 bits per heavy atom. The lowest BCUT2D eigenvalue weighted by Crippen LogP contribution is -2.30. The van der Waals surface area contributed by atoms with Gasteiger partial charge in [-0.3, -0.25) is 4.79 Å². The number of amides is 2. The van der Waals surface area contributed by atoms with E-state index >= 15 is 0 Å². The van der Waals surface area contributed by atoms with Crippen LogP contribution >= 0.6 is 0 Å². The molecule has 1 aromatic rings. The number of benzene rings is 1. The number of ether oxygens (including phenoxy) is 2. The van der Waals surface area contributed by atoms with E-state index in [9.17, 15) is 9.59 Å². The first kappa shape index (κ1) is 16.6. The zero-order valence-electron chi connectivity index (χ0n) is 12.4. The van der Waals surface area contributed by atoms with Gasteiger partial charge in [0.05, 0.1) is 14.2 Å². The number of hydrogen-bond donors (Lipinski definition) is 3. The summed E-state index contributed by atoms with van der Waals surface area (Å²) in [6.07, 6.45) is 0.406. The third kappa shape index (κ3) is 5.21. The van der Waals surface area contributed by atoms with Gasteiger partial charge in [0, 0.05) is 24.7 Å². The second kappa shape index (κ2) is 7.98. The topological polar surface area (TPSA) is 96.9 Å². The average molecular weight is 296 g/mol. The minimum Gasteiger partial charge on any atom is -0.493 e. The summed E-state index contributed by atoms with van der Waals surface area (Å²) in [5.74, 6) is 0.222. The molecule has 7 heteroatoms. The highest BCUT2D eigenvalue weighted by molar-refractivity contribution is 5.90. The van der Waals surface area contributed by atoms with Crippen LogP contribution in [0, 0.1) is 6.92 Å². The number of hydrogen-bond acceptors (Lipinski definition) is 4. The lowest BCUT2D eigenvalue weighted by molar-refractivity contribution is -0.137. The van der Waals surface area contributed by atoms with Gasteiger partial charge in [-0.15, -0.1) is 0 Å². The molecule has 0 spiro atoms. The van der Waals surface area contributed by atoms with Crippen molar-refractivity contribution in [2.24, 2.45) is 0 Å². The number of rotatable bonds is 7. The van der Waals surface area contributed by atoms with Crippen molar-refractivity contribution in [3.63, 3.8) is 0 Å². The molecule has 0 saturated heterocycles. The van der Waals surface area contributed by atoms with Gasteiger partial charge in [0.25, 0.3) is 0 Å². The number of carbonyl (C=O) groups is 2. The molecular weight excluding hydrogens is 276 g/mol. The number of carboxylic acids is 1. The number of anilines is 1. The highest BCUT2D eigenvalue weighted by Crippen LogP contribution is 2.32. The lowest BCUT2D eigenvalue weighted by atomic mass is 10.1. The highest BCUT2D eigenvalue weighted by atomic mass is 16.5. The number of carboxylic acid groups (broad SMARTS) is 1. The molecule has 0 aliphatic rings. The summed E-state index contributed by atoms with van der Waals surface area (Å²) in [5.41, 5.74) is 1.43. The smallest absolute Gasteiger partial charge is 0.319 e. The quantitative estimate of drug-likeness (QED) is 0.669. The van der Waals surface area contributed by atoms with Gasteiger partial charge in [0.15, 0.2) is 11.5 Å². The van der Waals surface area contributed by atoms with Gasteiger partial charge in [-0.2, -0.15) is 0 Å². The van der Waals surface area contributed by atoms with Gasteiger partial charge in [-0.05, 0) is 25.0 Å². The van der Waals surface area contributed by atoms with E-state index in [1.54, 1.807) is 19.2 Å². The van der Waals surface area contributed by atoms with Crippen molar-refractivity contribution in [1.29, 1.82) is 0 Å². The number of urea groups is 1. The van der Waals surface area contributed by atoms with Crippen LogP contribution in [0.1, 0.15) is 18.4 Å². The molecule has 1 aromatic carbocycles. The minimum atomic E-state index is -0.882. The number of carbonyl (C=O) groups excluding carboxylic acids is 1. The first-order valence-corrected chi connectivity index (χ1v) is 6.47. The van der Waals surface area contributed by atoms with Crippen LogP contribution in [0.2, 0.25) is 0 Å². The monoisotopic (exact) mass is 296 g/mol. The second-order valence-electron chi connectivity index (χ2n) is 4.40. The van der Waals surface area contributed by atoms with Gasteiger partial charge in [-0.25, -0.2) is 4.79 Å². The van der Waals surface area contributed by atoms with E-state index in [0.29, 0.717) is 30.2 Å². The van der Waals surface area contributed by atoms with E-state index in [4.69, 9.17) is 14.6 Å². The van der Waals surface area contributed by atoms with Gasteiger partial charge < -0.3 is 25.2 Å². The van der Waals surface area contributed by atoms with Crippen molar-refractivity contribution >= 4 is 17.7 Å². The van der Waals surface area contributed by atoms with Gasteiger partial charge >= 0.3 is 12.0 Å². The van der Waals surface area contributed by atoms with E-state index in [0.717, 1.165) is 5.56 Å². The standard InChI is InChI=1S/C14H20N2O5/c1-9-7-11(20-2)12(21-3)8-10(9)16-14(19)15-6-4-5-13(17)18/h7-8H,4-6H2,1-3H3,(H,17,18)(H2,15,16,19). The Bertz CT molecular complexity index is 516.